The second kappa shape index (κ2) is 8.04. The minimum Gasteiger partial charge on any atom is -0.507 e. The van der Waals surface area contributed by atoms with Crippen molar-refractivity contribution in [2.75, 3.05) is 6.54 Å². The van der Waals surface area contributed by atoms with Gasteiger partial charge in [-0.1, -0.05) is 55.8 Å². The molecule has 0 unspecified atom stereocenters. The Morgan fingerprint density at radius 2 is 1.86 bits per heavy atom. The van der Waals surface area contributed by atoms with E-state index in [1.165, 1.54) is 23.1 Å². The number of likely N-dealkylation sites (tertiary alicyclic amines) is 1. The van der Waals surface area contributed by atoms with Gasteiger partial charge >= 0.3 is 0 Å². The SMILES string of the molecule is CCCCN1C(=O)C(=O)/C(=C(/O)c2ccccc2)[C@H]1c1cccc([N+](=O)[O-])c1. The lowest BCUT2D eigenvalue weighted by Gasteiger charge is -2.25. The van der Waals surface area contributed by atoms with E-state index in [4.69, 9.17) is 0 Å². The van der Waals surface area contributed by atoms with Crippen LogP contribution in [-0.4, -0.2) is 33.2 Å². The molecule has 0 saturated carbocycles. The largest absolute Gasteiger partial charge is 0.507 e. The first-order valence-electron chi connectivity index (χ1n) is 9.04. The number of amides is 1. The molecular weight excluding hydrogens is 360 g/mol. The topological polar surface area (TPSA) is 101 Å². The molecule has 1 aliphatic rings. The average molecular weight is 380 g/mol. The number of unbranched alkanes of at least 4 members (excludes halogenated alkanes) is 1. The van der Waals surface area contributed by atoms with E-state index in [1.807, 2.05) is 6.92 Å². The summed E-state index contributed by atoms with van der Waals surface area (Å²) in [5, 5.41) is 22.0. The summed E-state index contributed by atoms with van der Waals surface area (Å²) in [6, 6.07) is 13.4. The van der Waals surface area contributed by atoms with Crippen molar-refractivity contribution in [3.8, 4) is 0 Å². The van der Waals surface area contributed by atoms with Crippen molar-refractivity contribution in [2.24, 2.45) is 0 Å². The third-order valence-electron chi connectivity index (χ3n) is 4.74. The molecule has 1 N–H and O–H groups in total. The number of carbonyl (C=O) groups excluding carboxylic acids is 2. The van der Waals surface area contributed by atoms with E-state index in [-0.39, 0.29) is 17.0 Å². The number of hydrogen-bond donors (Lipinski definition) is 1. The Kier molecular flexibility index (Phi) is 5.54. The zero-order valence-corrected chi connectivity index (χ0v) is 15.4. The molecule has 0 bridgehead atoms. The summed E-state index contributed by atoms with van der Waals surface area (Å²) < 4.78 is 0. The molecule has 2 aromatic rings. The van der Waals surface area contributed by atoms with Crippen molar-refractivity contribution in [3.05, 3.63) is 81.4 Å². The second-order valence-electron chi connectivity index (χ2n) is 6.56. The highest BCUT2D eigenvalue weighted by Gasteiger charge is 2.46. The summed E-state index contributed by atoms with van der Waals surface area (Å²) in [5.41, 5.74) is 0.638. The van der Waals surface area contributed by atoms with Crippen molar-refractivity contribution in [1.29, 1.82) is 0 Å². The number of non-ortho nitro benzene ring substituents is 1. The first kappa shape index (κ1) is 19.3. The molecule has 3 rings (SSSR count). The van der Waals surface area contributed by atoms with Crippen LogP contribution in [-0.2, 0) is 9.59 Å². The van der Waals surface area contributed by atoms with Crippen LogP contribution >= 0.6 is 0 Å². The summed E-state index contributed by atoms with van der Waals surface area (Å²) >= 11 is 0. The van der Waals surface area contributed by atoms with Crippen molar-refractivity contribution in [2.45, 2.75) is 25.8 Å². The molecule has 144 valence electrons. The number of nitro benzene ring substituents is 1. The van der Waals surface area contributed by atoms with Crippen molar-refractivity contribution in [3.63, 3.8) is 0 Å². The minimum atomic E-state index is -0.869. The summed E-state index contributed by atoms with van der Waals surface area (Å²) in [6.07, 6.45) is 1.48. The molecular formula is C21H20N2O5. The van der Waals surface area contributed by atoms with Gasteiger partial charge in [0.05, 0.1) is 16.5 Å². The van der Waals surface area contributed by atoms with Crippen LogP contribution in [0.2, 0.25) is 0 Å². The number of benzene rings is 2. The Morgan fingerprint density at radius 3 is 2.50 bits per heavy atom. The number of nitrogens with zero attached hydrogens (tertiary/aromatic N) is 2. The molecule has 1 amide bonds. The number of nitro groups is 1. The van der Waals surface area contributed by atoms with Crippen molar-refractivity contribution >= 4 is 23.1 Å². The fourth-order valence-corrected chi connectivity index (χ4v) is 3.35. The predicted octanol–water partition coefficient (Wildman–Crippen LogP) is 3.82. The minimum absolute atomic E-state index is 0.0483. The van der Waals surface area contributed by atoms with E-state index in [9.17, 15) is 24.8 Å². The van der Waals surface area contributed by atoms with Gasteiger partial charge in [-0.05, 0) is 12.0 Å². The monoisotopic (exact) mass is 380 g/mol. The Hall–Kier alpha value is -3.48. The van der Waals surface area contributed by atoms with Crippen molar-refractivity contribution in [1.82, 2.24) is 4.90 Å². The molecule has 7 heteroatoms. The lowest BCUT2D eigenvalue weighted by molar-refractivity contribution is -0.384. The van der Waals surface area contributed by atoms with Gasteiger partial charge in [-0.2, -0.15) is 0 Å². The summed E-state index contributed by atoms with van der Waals surface area (Å²) in [5.74, 6) is -1.77. The first-order valence-corrected chi connectivity index (χ1v) is 9.04. The van der Waals surface area contributed by atoms with E-state index >= 15 is 0 Å². The van der Waals surface area contributed by atoms with Gasteiger partial charge < -0.3 is 10.0 Å². The summed E-state index contributed by atoms with van der Waals surface area (Å²) in [7, 11) is 0. The van der Waals surface area contributed by atoms with Crippen LogP contribution in [0.1, 0.15) is 36.9 Å². The highest BCUT2D eigenvalue weighted by Crippen LogP contribution is 2.40. The molecule has 2 aromatic carbocycles. The Labute approximate surface area is 162 Å². The van der Waals surface area contributed by atoms with Gasteiger partial charge in [0.2, 0.25) is 0 Å². The molecule has 0 aliphatic carbocycles. The summed E-state index contributed by atoms with van der Waals surface area (Å²) in [4.78, 5) is 37.5. The van der Waals surface area contributed by atoms with Gasteiger partial charge in [0, 0.05) is 24.2 Å². The quantitative estimate of drug-likeness (QED) is 0.270. The first-order chi connectivity index (χ1) is 13.5. The molecule has 28 heavy (non-hydrogen) atoms. The van der Waals surface area contributed by atoms with E-state index in [0.717, 1.165) is 6.42 Å². The standard InChI is InChI=1S/C21H20N2O5/c1-2-3-12-22-18(15-10-7-11-16(13-15)23(27)28)17(20(25)21(22)26)19(24)14-8-5-4-6-9-14/h4-11,13,18,24H,2-3,12H2,1H3/b19-17+/t18-/m1/s1. The lowest BCUT2D eigenvalue weighted by atomic mass is 9.95. The highest BCUT2D eigenvalue weighted by atomic mass is 16.6. The fourth-order valence-electron chi connectivity index (χ4n) is 3.35. The van der Waals surface area contributed by atoms with Crippen LogP contribution < -0.4 is 0 Å². The highest BCUT2D eigenvalue weighted by molar-refractivity contribution is 6.46. The molecule has 1 heterocycles. The molecule has 1 aliphatic heterocycles. The fraction of sp³-hybridized carbons (Fsp3) is 0.238. The molecule has 0 spiro atoms. The number of aliphatic hydroxyl groups excluding tert-OH is 1. The predicted molar refractivity (Wildman–Crippen MR) is 103 cm³/mol. The Morgan fingerprint density at radius 1 is 1.14 bits per heavy atom. The van der Waals surface area contributed by atoms with Crippen LogP contribution in [0.4, 0.5) is 5.69 Å². The van der Waals surface area contributed by atoms with Gasteiger partial charge in [-0.15, -0.1) is 0 Å². The van der Waals surface area contributed by atoms with Crippen LogP contribution in [0.25, 0.3) is 5.76 Å². The van der Waals surface area contributed by atoms with E-state index in [1.54, 1.807) is 36.4 Å². The van der Waals surface area contributed by atoms with E-state index in [2.05, 4.69) is 0 Å². The maximum absolute atomic E-state index is 12.8. The molecule has 1 fully saturated rings. The van der Waals surface area contributed by atoms with Gasteiger partial charge in [0.25, 0.3) is 17.4 Å². The zero-order chi connectivity index (χ0) is 20.3. The van der Waals surface area contributed by atoms with E-state index < -0.39 is 22.7 Å². The van der Waals surface area contributed by atoms with Crippen LogP contribution in [0, 0.1) is 10.1 Å². The molecule has 7 nitrogen and oxygen atoms in total. The van der Waals surface area contributed by atoms with Crippen LogP contribution in [0.15, 0.2) is 60.2 Å². The normalized spacial score (nSPS) is 18.5. The molecule has 1 atom stereocenters. The van der Waals surface area contributed by atoms with Gasteiger partial charge in [0.15, 0.2) is 0 Å². The smallest absolute Gasteiger partial charge is 0.295 e. The third kappa shape index (κ3) is 3.51. The number of rotatable bonds is 6. The number of hydrogen-bond acceptors (Lipinski definition) is 5. The molecule has 0 radical (unpaired) electrons. The maximum Gasteiger partial charge on any atom is 0.295 e. The Balaban J connectivity index is 2.18. The van der Waals surface area contributed by atoms with Crippen molar-refractivity contribution < 1.29 is 19.6 Å². The van der Waals surface area contributed by atoms with Gasteiger partial charge in [-0.25, -0.2) is 0 Å². The van der Waals surface area contributed by atoms with E-state index in [0.29, 0.717) is 24.1 Å². The molecule has 1 saturated heterocycles. The molecule has 0 aromatic heterocycles. The maximum atomic E-state index is 12.8. The number of carbonyl (C=O) groups is 2. The lowest BCUT2D eigenvalue weighted by Crippen LogP contribution is -2.30. The summed E-state index contributed by atoms with van der Waals surface area (Å²) in [6.45, 7) is 2.28. The average Bonchev–Trinajstić information content (AvgIpc) is 2.97. The number of ketones is 1. The second-order valence-corrected chi connectivity index (χ2v) is 6.56. The van der Waals surface area contributed by atoms with Crippen LogP contribution in [0.5, 0.6) is 0 Å². The zero-order valence-electron chi connectivity index (χ0n) is 15.4. The third-order valence-corrected chi connectivity index (χ3v) is 4.74. The van der Waals surface area contributed by atoms with Crippen LogP contribution in [0.3, 0.4) is 0 Å². The Bertz CT molecular complexity index is 952. The number of Topliss-reactive ketones (excluding diaryl/α,β-unsaturated/α-hetero) is 1. The number of aliphatic hydroxyl groups is 1. The van der Waals surface area contributed by atoms with Gasteiger partial charge in [-0.3, -0.25) is 19.7 Å². The van der Waals surface area contributed by atoms with Gasteiger partial charge in [0.1, 0.15) is 5.76 Å².